The third-order valence-corrected chi connectivity index (χ3v) is 26.3. The molecule has 652 valence electrons. The normalized spacial score (nSPS) is 11.6. The Morgan fingerprint density at radius 2 is 0.291 bits per heavy atom. The lowest BCUT2D eigenvalue weighted by molar-refractivity contribution is -0.146. The number of nitrogens with zero attached hydrogens (tertiary/aromatic N) is 3. The van der Waals surface area contributed by atoms with Gasteiger partial charge >= 0.3 is 29.8 Å². The Bertz CT molecular complexity index is 1710. The lowest BCUT2D eigenvalue weighted by Gasteiger charge is -2.23. The van der Waals surface area contributed by atoms with E-state index in [0.29, 0.717) is 97.9 Å². The second kappa shape index (κ2) is 93.1. The van der Waals surface area contributed by atoms with Gasteiger partial charge in [-0.2, -0.15) is 0 Å². The Kier molecular flexibility index (Phi) is 92.0. The minimum Gasteiger partial charge on any atom is -0.466 e. The average molecular weight is 1630 g/mol. The molecule has 13 nitrogen and oxygen atoms in total. The first-order chi connectivity index (χ1) is 54.2. The second-order valence-corrected chi connectivity index (χ2v) is 37.5. The van der Waals surface area contributed by atoms with Crippen LogP contribution in [0, 0.1) is 0 Å². The van der Waals surface area contributed by atoms with E-state index in [1.165, 1.54) is 321 Å². The summed E-state index contributed by atoms with van der Waals surface area (Å²) < 4.78 is 28.7. The monoisotopic (exact) mass is 1630 g/mol. The number of hydrogen-bond donors (Lipinski definition) is 0. The van der Waals surface area contributed by atoms with E-state index in [1.54, 1.807) is 0 Å². The molecule has 0 unspecified atom stereocenters. The molecule has 0 aliphatic rings. The summed E-state index contributed by atoms with van der Waals surface area (Å²) in [6, 6.07) is 0. The largest absolute Gasteiger partial charge is 0.466 e. The summed E-state index contributed by atoms with van der Waals surface area (Å²) in [6.45, 7) is 19.8. The molecule has 110 heavy (non-hydrogen) atoms. The van der Waals surface area contributed by atoms with Crippen molar-refractivity contribution in [3.05, 3.63) is 0 Å². The molecule has 0 aliphatic carbocycles. The highest BCUT2D eigenvalue weighted by molar-refractivity contribution is 8.77. The van der Waals surface area contributed by atoms with Crippen molar-refractivity contribution in [3.63, 3.8) is 0 Å². The van der Waals surface area contributed by atoms with E-state index >= 15 is 0 Å². The van der Waals surface area contributed by atoms with Gasteiger partial charge in [0.05, 0.1) is 65.1 Å². The number of hydrogen-bond acceptors (Lipinski definition) is 17. The molecule has 0 amide bonds. The smallest absolute Gasteiger partial charge is 0.307 e. The topological polar surface area (TPSA) is 141 Å². The molecule has 0 rings (SSSR count). The van der Waals surface area contributed by atoms with Gasteiger partial charge in [-0.25, -0.2) is 0 Å². The second-order valence-electron chi connectivity index (χ2n) is 32.1. The molecular formula is C93H181N3O10S4. The number of unbranched alkanes of at least 4 members (excludes halogenated alkanes) is 55. The van der Waals surface area contributed by atoms with E-state index in [-0.39, 0.29) is 29.8 Å². The summed E-state index contributed by atoms with van der Waals surface area (Å²) >= 11 is 0. The highest BCUT2D eigenvalue weighted by atomic mass is 33.1. The van der Waals surface area contributed by atoms with Gasteiger partial charge in [0.25, 0.3) is 0 Å². The molecule has 0 saturated heterocycles. The van der Waals surface area contributed by atoms with Crippen molar-refractivity contribution in [3.8, 4) is 0 Å². The maximum Gasteiger partial charge on any atom is 0.307 e. The molecule has 0 spiro atoms. The molecule has 17 heteroatoms. The van der Waals surface area contributed by atoms with E-state index in [9.17, 15) is 24.0 Å². The summed E-state index contributed by atoms with van der Waals surface area (Å²) in [5, 5.41) is 0. The van der Waals surface area contributed by atoms with E-state index in [4.69, 9.17) is 23.7 Å². The summed E-state index contributed by atoms with van der Waals surface area (Å²) in [5.41, 5.74) is 0. The molecule has 0 bridgehead atoms. The van der Waals surface area contributed by atoms with Crippen molar-refractivity contribution >= 4 is 73.0 Å². The summed E-state index contributed by atoms with van der Waals surface area (Å²) in [5.74, 6) is 2.72. The maximum atomic E-state index is 13.2. The van der Waals surface area contributed by atoms with Crippen molar-refractivity contribution in [2.24, 2.45) is 0 Å². The fourth-order valence-corrected chi connectivity index (χ4v) is 18.3. The lowest BCUT2D eigenvalue weighted by Crippen LogP contribution is -2.32. The molecule has 0 atom stereocenters. The predicted molar refractivity (Wildman–Crippen MR) is 482 cm³/mol. The molecule has 0 heterocycles. The number of ether oxygens (including phenoxy) is 5. The highest BCUT2D eigenvalue weighted by Gasteiger charge is 2.17. The first-order valence-corrected chi connectivity index (χ1v) is 52.6. The summed E-state index contributed by atoms with van der Waals surface area (Å²) in [6.07, 6.45) is 77.7. The number of esters is 5. The molecule has 0 fully saturated rings. The fourth-order valence-electron chi connectivity index (χ4n) is 14.2. The van der Waals surface area contributed by atoms with Crippen LogP contribution in [0.25, 0.3) is 0 Å². The summed E-state index contributed by atoms with van der Waals surface area (Å²) in [7, 11) is 7.34. The SMILES string of the molecule is CCCCCCCCCCCCCCOC(=O)CCN(CCSSCCN(CCC(=O)OCCCCCCCCCCCCCC)CCC(=O)OCCCCCCCCCCCCCC)CCSSCCN(CCC(=O)OCCCCCCCCCCCCCC)CCC(=O)OCCCCCCCCCCCCCC. The standard InChI is InChI=1S/C93H181N3O10S4/c1-6-11-16-21-26-31-36-41-46-51-56-61-80-102-89(97)66-71-94(72-67-90(98)103-81-62-57-52-47-42-37-32-27-22-17-12-7-2)76-85-107-109-87-78-96(75-70-93(101)106-84-65-60-55-50-45-40-35-30-25-20-15-10-5)79-88-110-108-86-77-95(73-68-91(99)104-82-63-58-53-48-43-38-33-28-23-18-13-8-3)74-69-92(100)105-83-64-59-54-49-44-39-34-29-24-19-14-9-4/h6-88H2,1-5H3. The van der Waals surface area contributed by atoms with Crippen LogP contribution in [0.2, 0.25) is 0 Å². The van der Waals surface area contributed by atoms with Gasteiger partial charge in [0, 0.05) is 81.9 Å². The molecule has 0 aromatic rings. The van der Waals surface area contributed by atoms with Crippen LogP contribution in [-0.2, 0) is 47.7 Å². The number of carbonyl (C=O) groups excluding carboxylic acids is 5. The average Bonchev–Trinajstić information content (AvgIpc) is 0.999. The van der Waals surface area contributed by atoms with Gasteiger partial charge in [-0.05, 0) is 32.1 Å². The number of rotatable bonds is 94. The van der Waals surface area contributed by atoms with Crippen LogP contribution in [0.15, 0.2) is 0 Å². The molecule has 0 aromatic carbocycles. The van der Waals surface area contributed by atoms with Crippen LogP contribution in [0.4, 0.5) is 0 Å². The Morgan fingerprint density at radius 3 is 0.427 bits per heavy atom. The van der Waals surface area contributed by atoms with Crippen molar-refractivity contribution in [2.75, 3.05) is 115 Å². The quantitative estimate of drug-likeness (QED) is 0.0246. The fraction of sp³-hybridized carbons (Fsp3) is 0.946. The zero-order valence-corrected chi connectivity index (χ0v) is 76.5. The molecule has 0 aromatic heterocycles. The van der Waals surface area contributed by atoms with Crippen LogP contribution in [0.3, 0.4) is 0 Å². The van der Waals surface area contributed by atoms with E-state index in [2.05, 4.69) is 49.3 Å². The third-order valence-electron chi connectivity index (χ3n) is 21.6. The highest BCUT2D eigenvalue weighted by Crippen LogP contribution is 2.25. The van der Waals surface area contributed by atoms with Crippen molar-refractivity contribution < 1.29 is 47.7 Å². The third kappa shape index (κ3) is 87.5. The zero-order valence-electron chi connectivity index (χ0n) is 73.2. The summed E-state index contributed by atoms with van der Waals surface area (Å²) in [4.78, 5) is 72.4. The van der Waals surface area contributed by atoms with E-state index in [0.717, 1.165) is 113 Å². The molecule has 0 aliphatic heterocycles. The maximum absolute atomic E-state index is 13.2. The molecule has 0 radical (unpaired) electrons. The first kappa shape index (κ1) is 109. The minimum atomic E-state index is -0.163. The van der Waals surface area contributed by atoms with Gasteiger partial charge in [0.1, 0.15) is 0 Å². The van der Waals surface area contributed by atoms with Crippen molar-refractivity contribution in [2.45, 2.75) is 452 Å². The molecular weight excluding hydrogens is 1450 g/mol. The van der Waals surface area contributed by atoms with Crippen molar-refractivity contribution in [1.29, 1.82) is 0 Å². The Labute approximate surface area is 697 Å². The van der Waals surface area contributed by atoms with Crippen molar-refractivity contribution in [1.82, 2.24) is 14.7 Å². The Hall–Kier alpha value is -1.37. The van der Waals surface area contributed by atoms with Gasteiger partial charge in [-0.1, -0.05) is 431 Å². The van der Waals surface area contributed by atoms with Crippen LogP contribution < -0.4 is 0 Å². The van der Waals surface area contributed by atoms with Crippen LogP contribution >= 0.6 is 43.2 Å². The lowest BCUT2D eigenvalue weighted by atomic mass is 10.1. The minimum absolute atomic E-state index is 0.120. The van der Waals surface area contributed by atoms with Gasteiger partial charge in [0.15, 0.2) is 0 Å². The van der Waals surface area contributed by atoms with Gasteiger partial charge < -0.3 is 38.4 Å². The Balaban J connectivity index is 5.61. The van der Waals surface area contributed by atoms with Gasteiger partial charge in [-0.3, -0.25) is 24.0 Å². The Morgan fingerprint density at radius 1 is 0.173 bits per heavy atom. The predicted octanol–water partition coefficient (Wildman–Crippen LogP) is 27.8. The van der Waals surface area contributed by atoms with Crippen LogP contribution in [-0.4, -0.2) is 159 Å². The van der Waals surface area contributed by atoms with Gasteiger partial charge in [-0.15, -0.1) is 0 Å². The molecule has 0 saturated carbocycles. The van der Waals surface area contributed by atoms with E-state index < -0.39 is 0 Å². The van der Waals surface area contributed by atoms with Gasteiger partial charge in [0.2, 0.25) is 0 Å². The first-order valence-electron chi connectivity index (χ1n) is 47.6. The number of carbonyl (C=O) groups is 5. The zero-order chi connectivity index (χ0) is 79.7. The van der Waals surface area contributed by atoms with Crippen LogP contribution in [0.5, 0.6) is 0 Å². The van der Waals surface area contributed by atoms with E-state index in [1.807, 2.05) is 43.2 Å². The van der Waals surface area contributed by atoms with Crippen LogP contribution in [0.1, 0.15) is 452 Å². The molecule has 0 N–H and O–H groups in total.